The van der Waals surface area contributed by atoms with E-state index in [0.29, 0.717) is 6.42 Å². The molecule has 4 nitrogen and oxygen atoms in total. The van der Waals surface area contributed by atoms with Crippen LogP contribution in [0.3, 0.4) is 0 Å². The quantitative estimate of drug-likeness (QED) is 0.649. The van der Waals surface area contributed by atoms with E-state index in [1.165, 1.54) is 0 Å². The van der Waals surface area contributed by atoms with E-state index < -0.39 is 5.79 Å². The third-order valence-corrected chi connectivity index (χ3v) is 3.79. The minimum absolute atomic E-state index is 0.0546. The molecular weight excluding hydrogens is 194 g/mol. The van der Waals surface area contributed by atoms with Crippen LogP contribution in [0.4, 0.5) is 0 Å². The Kier molecular flexibility index (Phi) is 1.75. The van der Waals surface area contributed by atoms with Gasteiger partial charge in [0.2, 0.25) is 5.91 Å². The van der Waals surface area contributed by atoms with E-state index in [9.17, 15) is 4.79 Å². The van der Waals surface area contributed by atoms with E-state index in [1.807, 2.05) is 13.8 Å². The van der Waals surface area contributed by atoms with E-state index in [0.717, 1.165) is 19.3 Å². The lowest BCUT2D eigenvalue weighted by atomic mass is 9.93. The van der Waals surface area contributed by atoms with Crippen LogP contribution >= 0.6 is 0 Å². The molecule has 3 aliphatic rings. The van der Waals surface area contributed by atoms with Crippen molar-refractivity contribution in [2.75, 3.05) is 0 Å². The molecule has 1 amide bonds. The highest BCUT2D eigenvalue weighted by molar-refractivity contribution is 5.79. The van der Waals surface area contributed by atoms with Crippen molar-refractivity contribution < 1.29 is 14.3 Å². The maximum absolute atomic E-state index is 11.3. The largest absolute Gasteiger partial charge is 0.348 e. The summed E-state index contributed by atoms with van der Waals surface area (Å²) < 4.78 is 11.7. The lowest BCUT2D eigenvalue weighted by Crippen LogP contribution is -2.50. The molecule has 2 saturated heterocycles. The third-order valence-electron chi connectivity index (χ3n) is 3.79. The van der Waals surface area contributed by atoms with E-state index in [2.05, 4.69) is 5.32 Å². The van der Waals surface area contributed by atoms with Gasteiger partial charge in [-0.25, -0.2) is 0 Å². The molecule has 1 spiro atoms. The summed E-state index contributed by atoms with van der Waals surface area (Å²) in [5.41, 5.74) is -0.129. The van der Waals surface area contributed by atoms with Gasteiger partial charge >= 0.3 is 0 Å². The van der Waals surface area contributed by atoms with Gasteiger partial charge in [-0.1, -0.05) is 0 Å². The van der Waals surface area contributed by atoms with Crippen molar-refractivity contribution in [1.82, 2.24) is 5.32 Å². The average Bonchev–Trinajstić information content (AvgIpc) is 2.72. The predicted molar refractivity (Wildman–Crippen MR) is 53.2 cm³/mol. The van der Waals surface area contributed by atoms with Gasteiger partial charge < -0.3 is 14.8 Å². The van der Waals surface area contributed by atoms with E-state index in [-0.39, 0.29) is 23.7 Å². The monoisotopic (exact) mass is 211 g/mol. The normalized spacial score (nSPS) is 47.2. The molecule has 2 aliphatic heterocycles. The second-order valence-electron chi connectivity index (χ2n) is 5.34. The molecule has 1 aliphatic carbocycles. The molecule has 0 bridgehead atoms. The first-order valence-electron chi connectivity index (χ1n) is 5.67. The van der Waals surface area contributed by atoms with Gasteiger partial charge in [0.25, 0.3) is 0 Å². The number of fused-ring (bicyclic) bond motifs is 2. The van der Waals surface area contributed by atoms with Gasteiger partial charge in [0.1, 0.15) is 6.10 Å². The van der Waals surface area contributed by atoms with E-state index in [4.69, 9.17) is 9.47 Å². The first kappa shape index (κ1) is 9.60. The Morgan fingerprint density at radius 1 is 1.33 bits per heavy atom. The van der Waals surface area contributed by atoms with Crippen molar-refractivity contribution in [2.24, 2.45) is 0 Å². The number of rotatable bonds is 0. The molecule has 1 saturated carbocycles. The molecule has 0 unspecified atom stereocenters. The van der Waals surface area contributed by atoms with Crippen LogP contribution in [0.5, 0.6) is 0 Å². The summed E-state index contributed by atoms with van der Waals surface area (Å²) in [6.45, 7) is 3.88. The molecule has 15 heavy (non-hydrogen) atoms. The molecule has 3 rings (SSSR count). The Balaban J connectivity index is 1.86. The highest BCUT2D eigenvalue weighted by atomic mass is 16.8. The van der Waals surface area contributed by atoms with Gasteiger partial charge in [-0.3, -0.25) is 4.79 Å². The highest BCUT2D eigenvalue weighted by Gasteiger charge is 2.59. The van der Waals surface area contributed by atoms with Crippen molar-refractivity contribution in [3.63, 3.8) is 0 Å². The first-order valence-corrected chi connectivity index (χ1v) is 5.67. The lowest BCUT2D eigenvalue weighted by molar-refractivity contribution is -0.159. The molecule has 0 aromatic heterocycles. The van der Waals surface area contributed by atoms with Crippen LogP contribution in [0.15, 0.2) is 0 Å². The summed E-state index contributed by atoms with van der Waals surface area (Å²) in [5, 5.41) is 3.09. The van der Waals surface area contributed by atoms with Crippen LogP contribution < -0.4 is 5.32 Å². The number of amides is 1. The van der Waals surface area contributed by atoms with Crippen molar-refractivity contribution in [3.05, 3.63) is 0 Å². The van der Waals surface area contributed by atoms with Gasteiger partial charge in [-0.15, -0.1) is 0 Å². The summed E-state index contributed by atoms with van der Waals surface area (Å²) in [7, 11) is 0. The fourth-order valence-corrected chi connectivity index (χ4v) is 3.20. The zero-order chi connectivity index (χ0) is 10.7. The molecule has 0 aromatic carbocycles. The second kappa shape index (κ2) is 2.74. The molecule has 0 aromatic rings. The van der Waals surface area contributed by atoms with Crippen LogP contribution in [0.2, 0.25) is 0 Å². The van der Waals surface area contributed by atoms with Crippen LogP contribution in [0.1, 0.15) is 39.5 Å². The number of nitrogens with one attached hydrogen (secondary N) is 1. The van der Waals surface area contributed by atoms with Gasteiger partial charge in [-0.2, -0.15) is 0 Å². The maximum atomic E-state index is 11.3. The zero-order valence-corrected chi connectivity index (χ0v) is 9.21. The SMILES string of the molecule is CC1(C)O[C@H]2CC[C@@]3(CCC(=O)N3)[C@H]2O1. The topological polar surface area (TPSA) is 47.6 Å². The molecule has 4 heteroatoms. The predicted octanol–water partition coefficient (Wildman–Crippen LogP) is 0.949. The number of carbonyl (C=O) groups excluding carboxylic acids is 1. The molecular formula is C11H17NO3. The lowest BCUT2D eigenvalue weighted by Gasteiger charge is -2.30. The number of ether oxygens (including phenoxy) is 2. The number of hydrogen-bond donors (Lipinski definition) is 1. The van der Waals surface area contributed by atoms with Crippen LogP contribution in [-0.4, -0.2) is 29.4 Å². The second-order valence-corrected chi connectivity index (χ2v) is 5.34. The Labute approximate surface area is 89.3 Å². The van der Waals surface area contributed by atoms with E-state index in [1.54, 1.807) is 0 Å². The smallest absolute Gasteiger partial charge is 0.220 e. The Bertz CT molecular complexity index is 315. The molecule has 2 heterocycles. The molecule has 0 radical (unpaired) electrons. The van der Waals surface area contributed by atoms with Crippen LogP contribution in [0, 0.1) is 0 Å². The molecule has 84 valence electrons. The van der Waals surface area contributed by atoms with Crippen molar-refractivity contribution >= 4 is 5.91 Å². The van der Waals surface area contributed by atoms with Crippen molar-refractivity contribution in [3.8, 4) is 0 Å². The van der Waals surface area contributed by atoms with Crippen molar-refractivity contribution in [2.45, 2.75) is 63.1 Å². The van der Waals surface area contributed by atoms with Gasteiger partial charge in [0.15, 0.2) is 5.79 Å². The maximum Gasteiger partial charge on any atom is 0.220 e. The molecule has 1 N–H and O–H groups in total. The van der Waals surface area contributed by atoms with Gasteiger partial charge in [-0.05, 0) is 33.1 Å². The zero-order valence-electron chi connectivity index (χ0n) is 9.21. The highest BCUT2D eigenvalue weighted by Crippen LogP contribution is 2.47. The summed E-state index contributed by atoms with van der Waals surface area (Å²) in [6, 6.07) is 0. The Morgan fingerprint density at radius 2 is 2.13 bits per heavy atom. The molecule has 3 fully saturated rings. The summed E-state index contributed by atoms with van der Waals surface area (Å²) in [4.78, 5) is 11.3. The minimum atomic E-state index is -0.490. The summed E-state index contributed by atoms with van der Waals surface area (Å²) in [5.74, 6) is -0.334. The Hall–Kier alpha value is -0.610. The number of hydrogen-bond acceptors (Lipinski definition) is 3. The standard InChI is InChI=1S/C11H17NO3/c1-10(2)14-7-3-5-11(9(7)15-10)6-4-8(13)12-11/h7,9H,3-6H2,1-2H3,(H,12,13)/t7-,9-,11+/m0/s1. The first-order chi connectivity index (χ1) is 7.01. The summed E-state index contributed by atoms with van der Waals surface area (Å²) >= 11 is 0. The van der Waals surface area contributed by atoms with Crippen LogP contribution in [0.25, 0.3) is 0 Å². The summed E-state index contributed by atoms with van der Waals surface area (Å²) in [6.07, 6.45) is 3.73. The van der Waals surface area contributed by atoms with Crippen molar-refractivity contribution in [1.29, 1.82) is 0 Å². The fraction of sp³-hybridized carbons (Fsp3) is 0.909. The fourth-order valence-electron chi connectivity index (χ4n) is 3.20. The Morgan fingerprint density at radius 3 is 2.80 bits per heavy atom. The average molecular weight is 211 g/mol. The van der Waals surface area contributed by atoms with Crippen LogP contribution in [-0.2, 0) is 14.3 Å². The number of carbonyl (C=O) groups is 1. The van der Waals surface area contributed by atoms with Gasteiger partial charge in [0.05, 0.1) is 11.6 Å². The van der Waals surface area contributed by atoms with Gasteiger partial charge in [0, 0.05) is 6.42 Å². The third kappa shape index (κ3) is 1.31. The van der Waals surface area contributed by atoms with E-state index >= 15 is 0 Å². The molecule has 3 atom stereocenters. The minimum Gasteiger partial charge on any atom is -0.348 e.